The number of hydrogen-bond donors (Lipinski definition) is 2. The predicted molar refractivity (Wildman–Crippen MR) is 204 cm³/mol. The first kappa shape index (κ1) is 40.7. The summed E-state index contributed by atoms with van der Waals surface area (Å²) < 4.78 is 38.3. The van der Waals surface area contributed by atoms with Gasteiger partial charge in [-0.25, -0.2) is 14.4 Å². The van der Waals surface area contributed by atoms with Gasteiger partial charge in [-0.15, -0.1) is 11.8 Å². The van der Waals surface area contributed by atoms with Crippen molar-refractivity contribution in [2.45, 2.75) is 72.5 Å². The molecule has 4 bridgehead atoms. The second-order valence-corrected chi connectivity index (χ2v) is 17.6. The van der Waals surface area contributed by atoms with E-state index in [0.29, 0.717) is 44.9 Å². The van der Waals surface area contributed by atoms with E-state index in [-0.39, 0.29) is 42.8 Å². The summed E-state index contributed by atoms with van der Waals surface area (Å²) >= 11 is 19.2. The van der Waals surface area contributed by atoms with Crippen LogP contribution in [0.2, 0.25) is 0 Å². The lowest BCUT2D eigenvalue weighted by atomic mass is 9.71. The molecule has 2 unspecified atom stereocenters. The topological polar surface area (TPSA) is 195 Å². The Kier molecular flexibility index (Phi) is 11.2. The first-order valence-electron chi connectivity index (χ1n) is 17.7. The van der Waals surface area contributed by atoms with Gasteiger partial charge in [-0.05, 0) is 31.4 Å². The zero-order chi connectivity index (χ0) is 41.1. The highest BCUT2D eigenvalue weighted by Crippen LogP contribution is 2.64. The Labute approximate surface area is 346 Å². The van der Waals surface area contributed by atoms with E-state index < -0.39 is 82.6 Å². The molecular weight excluding hydrogens is 831 g/mol. The number of halogens is 3. The molecule has 7 atom stereocenters. The molecule has 16 nitrogen and oxygen atoms in total. The van der Waals surface area contributed by atoms with Crippen LogP contribution >= 0.6 is 46.6 Å². The molecule has 0 saturated carbocycles. The van der Waals surface area contributed by atoms with Crippen molar-refractivity contribution in [1.82, 2.24) is 15.1 Å². The normalized spacial score (nSPS) is 25.8. The smallest absolute Gasteiger partial charge is 0.410 e. The molecule has 2 aromatic carbocycles. The zero-order valence-electron chi connectivity index (χ0n) is 31.0. The number of phenolic OH excluding ortho intramolecular Hbond substituents is 1. The van der Waals surface area contributed by atoms with Crippen LogP contribution in [0.3, 0.4) is 0 Å². The molecule has 20 heteroatoms. The fourth-order valence-electron chi connectivity index (χ4n) is 8.60. The molecule has 2 amide bonds. The minimum absolute atomic E-state index is 0.0782. The third kappa shape index (κ3) is 7.09. The Morgan fingerprint density at radius 3 is 2.54 bits per heavy atom. The van der Waals surface area contributed by atoms with Crippen LogP contribution in [0, 0.1) is 25.2 Å². The van der Waals surface area contributed by atoms with Crippen LogP contribution in [0.5, 0.6) is 28.7 Å². The van der Waals surface area contributed by atoms with Gasteiger partial charge in [0.2, 0.25) is 10.6 Å². The Bertz CT molecular complexity index is 2090. The molecule has 57 heavy (non-hydrogen) atoms. The number of methoxy groups -OCH3 is 1. The number of aryl methyl sites for hydroxylation is 1. The van der Waals surface area contributed by atoms with E-state index in [9.17, 15) is 29.5 Å². The molecular formula is C37H37Cl3N4O12S. The first-order chi connectivity index (χ1) is 27.1. The first-order valence-corrected chi connectivity index (χ1v) is 19.8. The number of alkyl carbamates (subject to hydrolysis) is 1. The number of piperazine rings is 1. The van der Waals surface area contributed by atoms with Gasteiger partial charge in [-0.2, -0.15) is 5.26 Å². The lowest BCUT2D eigenvalue weighted by Gasteiger charge is -2.61. The van der Waals surface area contributed by atoms with Crippen LogP contribution in [-0.2, 0) is 30.2 Å². The highest BCUT2D eigenvalue weighted by Gasteiger charge is 2.63. The summed E-state index contributed by atoms with van der Waals surface area (Å²) in [4.78, 5) is 57.1. The number of carbonyl (C=O) groups is 4. The van der Waals surface area contributed by atoms with Crippen molar-refractivity contribution in [2.24, 2.45) is 0 Å². The molecule has 0 aliphatic carbocycles. The number of nitriles is 1. The number of rotatable bonds is 6. The fraction of sp³-hybridized carbons (Fsp3) is 0.486. The Hall–Kier alpha value is -4.47. The number of carbonyl (C=O) groups excluding carboxylic acids is 4. The molecule has 6 heterocycles. The molecule has 0 spiro atoms. The minimum atomic E-state index is -1.98. The number of aromatic hydroxyl groups is 1. The van der Waals surface area contributed by atoms with E-state index in [2.05, 4.69) is 18.0 Å². The number of esters is 2. The van der Waals surface area contributed by atoms with Crippen LogP contribution in [-0.4, -0.2) is 106 Å². The lowest BCUT2D eigenvalue weighted by molar-refractivity contribution is -0.151. The van der Waals surface area contributed by atoms with E-state index in [1.54, 1.807) is 13.8 Å². The molecule has 2 N–H and O–H groups in total. The number of benzene rings is 2. The minimum Gasteiger partial charge on any atom is -0.504 e. The van der Waals surface area contributed by atoms with E-state index in [1.807, 2.05) is 11.0 Å². The largest absolute Gasteiger partial charge is 0.504 e. The third-order valence-electron chi connectivity index (χ3n) is 10.5. The summed E-state index contributed by atoms with van der Waals surface area (Å²) in [5, 5.41) is 24.9. The maximum Gasteiger partial charge on any atom is 0.410 e. The lowest BCUT2D eigenvalue weighted by Crippen LogP contribution is -2.71. The van der Waals surface area contributed by atoms with Crippen LogP contribution in [0.25, 0.3) is 0 Å². The molecule has 2 fully saturated rings. The van der Waals surface area contributed by atoms with Crippen molar-refractivity contribution >= 4 is 70.7 Å². The van der Waals surface area contributed by atoms with Gasteiger partial charge in [0.15, 0.2) is 23.0 Å². The maximum absolute atomic E-state index is 14.4. The number of thioether (sulfide) groups is 1. The molecule has 2 saturated heterocycles. The van der Waals surface area contributed by atoms with Crippen LogP contribution in [0.15, 0.2) is 18.7 Å². The summed E-state index contributed by atoms with van der Waals surface area (Å²) in [5.74, 6) is -0.929. The van der Waals surface area contributed by atoms with Gasteiger partial charge < -0.3 is 43.6 Å². The molecule has 304 valence electrons. The molecule has 0 radical (unpaired) electrons. The van der Waals surface area contributed by atoms with Crippen molar-refractivity contribution in [3.63, 3.8) is 0 Å². The van der Waals surface area contributed by atoms with Gasteiger partial charge in [0.25, 0.3) is 0 Å². The molecule has 0 aromatic heterocycles. The number of ether oxygens (including phenoxy) is 7. The van der Waals surface area contributed by atoms with Crippen molar-refractivity contribution in [3.8, 4) is 34.8 Å². The zero-order valence-corrected chi connectivity index (χ0v) is 34.1. The average molecular weight is 868 g/mol. The van der Waals surface area contributed by atoms with Gasteiger partial charge >= 0.3 is 24.1 Å². The van der Waals surface area contributed by atoms with Crippen molar-refractivity contribution in [3.05, 3.63) is 52.1 Å². The fourth-order valence-corrected chi connectivity index (χ4v) is 10.3. The Morgan fingerprint density at radius 2 is 1.88 bits per heavy atom. The van der Waals surface area contributed by atoms with E-state index in [0.717, 1.165) is 11.8 Å². The number of amides is 2. The maximum atomic E-state index is 14.4. The van der Waals surface area contributed by atoms with Crippen molar-refractivity contribution in [2.75, 3.05) is 39.5 Å². The summed E-state index contributed by atoms with van der Waals surface area (Å²) in [6.45, 7) is 6.92. The standard InChI is InChI=1S/C37H37Cl3N4O12S/c1-6-7-51-35(48)42-19-12-57-33-25-24(32-31(54-14-55-32)16(3)30(25)56-17(4)45)22(11-52-34(19)47)43-21(10-41)20-9-18-8-15(2)29(50-5)28(46)23(18)26(27(33)43)44(20)36(49)53-13-37(38,39)40/h6,8,19-22,26-27,33,46H,1,7,9,11-14H2,2-5H3,(H,42,48)/t19-,20?,21-,22-,26+,27+,33?/m0/s1. The third-order valence-corrected chi connectivity index (χ3v) is 12.3. The van der Waals surface area contributed by atoms with Gasteiger partial charge in [0.1, 0.15) is 37.7 Å². The molecule has 6 aliphatic heterocycles. The summed E-state index contributed by atoms with van der Waals surface area (Å²) in [6.07, 6.45) is -0.386. The van der Waals surface area contributed by atoms with Crippen LogP contribution in [0.1, 0.15) is 57.6 Å². The number of alkyl halides is 3. The summed E-state index contributed by atoms with van der Waals surface area (Å²) in [6, 6.07) is -2.16. The number of phenols is 1. The highest BCUT2D eigenvalue weighted by atomic mass is 35.6. The summed E-state index contributed by atoms with van der Waals surface area (Å²) in [7, 11) is 1.40. The number of fused-ring (bicyclic) bond motifs is 10. The van der Waals surface area contributed by atoms with Crippen molar-refractivity contribution in [1.29, 1.82) is 5.26 Å². The molecule has 8 rings (SSSR count). The second kappa shape index (κ2) is 15.7. The average Bonchev–Trinajstić information content (AvgIpc) is 3.65. The van der Waals surface area contributed by atoms with E-state index in [1.165, 1.54) is 25.0 Å². The van der Waals surface area contributed by atoms with E-state index >= 15 is 0 Å². The predicted octanol–water partition coefficient (Wildman–Crippen LogP) is 5.39. The Balaban J connectivity index is 1.52. The second-order valence-electron chi connectivity index (χ2n) is 13.9. The van der Waals surface area contributed by atoms with E-state index in [4.69, 9.17) is 68.0 Å². The van der Waals surface area contributed by atoms with Gasteiger partial charge in [-0.3, -0.25) is 14.6 Å². The highest BCUT2D eigenvalue weighted by molar-refractivity contribution is 7.99. The number of nitrogens with zero attached hydrogens (tertiary/aromatic N) is 3. The molecule has 2 aromatic rings. The summed E-state index contributed by atoms with van der Waals surface area (Å²) in [5.41, 5.74) is 2.87. The number of hydrogen-bond acceptors (Lipinski definition) is 15. The molecule has 6 aliphatic rings. The Morgan fingerprint density at radius 1 is 1.14 bits per heavy atom. The quantitative estimate of drug-likeness (QED) is 0.123. The number of nitrogens with one attached hydrogen (secondary N) is 1. The van der Waals surface area contributed by atoms with Gasteiger partial charge in [0.05, 0.1) is 42.6 Å². The SMILES string of the molecule is C=CCOC(=O)N[C@H]1CSC2c3c(OC(C)=O)c(C)c4c(c3[C@H](COC1=O)N1[C@@H](C#N)C3Cc5cc(C)c(OC)c(O)c5[C@H]([C@H]21)N3C(=O)OCC(Cl)(Cl)Cl)OCO4. The van der Waals surface area contributed by atoms with Gasteiger partial charge in [-0.1, -0.05) is 53.5 Å². The van der Waals surface area contributed by atoms with Crippen LogP contribution < -0.4 is 24.3 Å². The van der Waals surface area contributed by atoms with Gasteiger partial charge in [0, 0.05) is 34.9 Å². The monoisotopic (exact) mass is 866 g/mol. The van der Waals surface area contributed by atoms with Crippen molar-refractivity contribution < 1.29 is 57.4 Å². The van der Waals surface area contributed by atoms with Crippen LogP contribution in [0.4, 0.5) is 9.59 Å².